The lowest BCUT2D eigenvalue weighted by Gasteiger charge is -2.30. The van der Waals surface area contributed by atoms with E-state index in [4.69, 9.17) is 23.6 Å². The molecule has 3 N–H and O–H groups in total. The standard InChI is InChI=1S/C44H50FN5O10S/c1-2-57-35-16-10-14-30-36-39(60-37(30)35)38(31-21-26(45)17-20-32(31)46-36)58-28-22-34-40(51)48-44(42(53)49-61(55,56)29-18-19-29)23-25(44)11-6-4-3-5-7-15-33(41(52)50(34)24-28)47-43(54)59-27-12-8-9-13-27/h6,10-11,14,16-17,20-21,25,27-29,33-34H,2-5,7-9,12-13,15,18-19,22-24H2,1H3,(H,47,54)(H,48,51)(H,49,53)/b11-6-/t25-,28+,33-,34+,44-/m1/s1. The highest BCUT2D eigenvalue weighted by atomic mass is 32.2. The van der Waals surface area contributed by atoms with Crippen LogP contribution in [-0.4, -0.2) is 90.3 Å². The minimum absolute atomic E-state index is 0.0690. The smallest absolute Gasteiger partial charge is 0.408 e. The van der Waals surface area contributed by atoms with Gasteiger partial charge in [0.1, 0.15) is 41.2 Å². The summed E-state index contributed by atoms with van der Waals surface area (Å²) in [6.07, 6.45) is 9.36. The van der Waals surface area contributed by atoms with Crippen molar-refractivity contribution < 1.29 is 50.6 Å². The Hall–Kier alpha value is -5.45. The number of amides is 4. The summed E-state index contributed by atoms with van der Waals surface area (Å²) in [6, 6.07) is 7.26. The monoisotopic (exact) mass is 859 g/mol. The van der Waals surface area contributed by atoms with E-state index in [1.54, 1.807) is 6.07 Å². The fraction of sp³-hybridized carbons (Fsp3) is 0.523. The number of allylic oxidation sites excluding steroid dienone is 1. The molecule has 5 atom stereocenters. The van der Waals surface area contributed by atoms with Crippen LogP contribution in [0.2, 0.25) is 0 Å². The van der Waals surface area contributed by atoms with Crippen LogP contribution in [0.5, 0.6) is 11.5 Å². The molecule has 61 heavy (non-hydrogen) atoms. The number of hydrogen-bond donors (Lipinski definition) is 3. The number of carbonyl (C=O) groups is 4. The zero-order chi connectivity index (χ0) is 42.5. The van der Waals surface area contributed by atoms with Gasteiger partial charge in [0.05, 0.1) is 29.3 Å². The number of benzene rings is 2. The molecule has 2 aromatic heterocycles. The third kappa shape index (κ3) is 8.20. The second-order valence-corrected chi connectivity index (χ2v) is 18.9. The highest BCUT2D eigenvalue weighted by Gasteiger charge is 2.62. The SMILES string of the molecule is CCOc1cccc2c1oc1c(O[C@H]3C[C@H]4C(=O)N[C@]5(C(=O)NS(=O)(=O)C6CC6)C[C@H]5/C=C\CCCCC[C@@H](NC(=O)OC5CCCC5)C(=O)N4C3)c3cc(F)ccc3nc12. The van der Waals surface area contributed by atoms with E-state index in [9.17, 15) is 32.0 Å². The fourth-order valence-corrected chi connectivity index (χ4v) is 10.5. The Morgan fingerprint density at radius 3 is 2.59 bits per heavy atom. The summed E-state index contributed by atoms with van der Waals surface area (Å²) in [5.74, 6) is -2.43. The lowest BCUT2D eigenvalue weighted by molar-refractivity contribution is -0.141. The van der Waals surface area contributed by atoms with Gasteiger partial charge in [0.15, 0.2) is 22.7 Å². The summed E-state index contributed by atoms with van der Waals surface area (Å²) in [4.78, 5) is 62.8. The highest BCUT2D eigenvalue weighted by molar-refractivity contribution is 7.91. The van der Waals surface area contributed by atoms with E-state index in [0.29, 0.717) is 65.4 Å². The molecule has 4 aromatic rings. The molecule has 0 radical (unpaired) electrons. The average Bonchev–Trinajstić information content (AvgIpc) is 4.04. The summed E-state index contributed by atoms with van der Waals surface area (Å²) in [6.45, 7) is 2.10. The number of alkyl carbamates (subject to hydrolysis) is 1. The predicted octanol–water partition coefficient (Wildman–Crippen LogP) is 6.06. The lowest BCUT2D eigenvalue weighted by Crippen LogP contribution is -2.58. The largest absolute Gasteiger partial charge is 0.490 e. The first-order valence-electron chi connectivity index (χ1n) is 21.5. The summed E-state index contributed by atoms with van der Waals surface area (Å²) in [7, 11) is -3.94. The van der Waals surface area contributed by atoms with Crippen LogP contribution in [0.25, 0.3) is 33.0 Å². The molecule has 0 unspecified atom stereocenters. The number of fused-ring (bicyclic) bond motifs is 6. The quantitative estimate of drug-likeness (QED) is 0.166. The number of pyridine rings is 1. The van der Waals surface area contributed by atoms with Crippen molar-refractivity contribution in [2.45, 2.75) is 125 Å². The van der Waals surface area contributed by atoms with Crippen LogP contribution in [0, 0.1) is 11.7 Å². The molecule has 3 saturated carbocycles. The molecule has 3 aliphatic carbocycles. The van der Waals surface area contributed by atoms with Crippen molar-refractivity contribution in [1.82, 2.24) is 25.2 Å². The molecule has 0 spiro atoms. The number of carbonyl (C=O) groups excluding carboxylic acids is 4. The second kappa shape index (κ2) is 16.4. The third-order valence-corrected chi connectivity index (χ3v) is 14.4. The number of hydrogen-bond acceptors (Lipinski definition) is 11. The summed E-state index contributed by atoms with van der Waals surface area (Å²) >= 11 is 0. The van der Waals surface area contributed by atoms with Crippen LogP contribution in [0.3, 0.4) is 0 Å². The van der Waals surface area contributed by atoms with Crippen molar-refractivity contribution in [1.29, 1.82) is 0 Å². The molecule has 17 heteroatoms. The summed E-state index contributed by atoms with van der Waals surface area (Å²) in [5, 5.41) is 5.97. The van der Waals surface area contributed by atoms with Gasteiger partial charge in [-0.2, -0.15) is 0 Å². The highest BCUT2D eigenvalue weighted by Crippen LogP contribution is 2.47. The van der Waals surface area contributed by atoms with Gasteiger partial charge in [-0.15, -0.1) is 0 Å². The van der Waals surface area contributed by atoms with Gasteiger partial charge in [-0.1, -0.05) is 31.1 Å². The number of ether oxygens (including phenoxy) is 3. The molecule has 324 valence electrons. The summed E-state index contributed by atoms with van der Waals surface area (Å²) < 4.78 is 67.8. The minimum atomic E-state index is -3.94. The van der Waals surface area contributed by atoms with Gasteiger partial charge < -0.3 is 34.2 Å². The molecular weight excluding hydrogens is 810 g/mol. The van der Waals surface area contributed by atoms with Crippen LogP contribution in [0.15, 0.2) is 53.0 Å². The van der Waals surface area contributed by atoms with Crippen molar-refractivity contribution in [2.75, 3.05) is 13.2 Å². The van der Waals surface area contributed by atoms with Gasteiger partial charge in [0.2, 0.25) is 21.8 Å². The van der Waals surface area contributed by atoms with E-state index in [-0.39, 0.29) is 43.2 Å². The van der Waals surface area contributed by atoms with Crippen molar-refractivity contribution in [2.24, 2.45) is 5.92 Å². The number of sulfonamides is 1. The Kier molecular flexibility index (Phi) is 11.0. The van der Waals surface area contributed by atoms with Crippen molar-refractivity contribution in [3.8, 4) is 11.5 Å². The maximum atomic E-state index is 15.0. The topological polar surface area (TPSA) is 195 Å². The average molecular weight is 860 g/mol. The predicted molar refractivity (Wildman–Crippen MR) is 222 cm³/mol. The van der Waals surface area contributed by atoms with Crippen LogP contribution in [0.1, 0.15) is 90.4 Å². The van der Waals surface area contributed by atoms with E-state index in [0.717, 1.165) is 38.5 Å². The second-order valence-electron chi connectivity index (χ2n) is 17.0. The van der Waals surface area contributed by atoms with Crippen molar-refractivity contribution >= 4 is 66.8 Å². The van der Waals surface area contributed by atoms with E-state index in [2.05, 4.69) is 15.4 Å². The van der Waals surface area contributed by atoms with E-state index in [1.807, 2.05) is 31.2 Å². The molecule has 0 bridgehead atoms. The molecule has 2 aromatic carbocycles. The lowest BCUT2D eigenvalue weighted by atomic mass is 10.0. The minimum Gasteiger partial charge on any atom is -0.490 e. The summed E-state index contributed by atoms with van der Waals surface area (Å²) in [5.41, 5.74) is -0.0695. The Morgan fingerprint density at radius 2 is 1.80 bits per heavy atom. The third-order valence-electron chi connectivity index (χ3n) is 12.6. The van der Waals surface area contributed by atoms with Gasteiger partial charge in [0.25, 0.3) is 5.91 Å². The zero-order valence-corrected chi connectivity index (χ0v) is 34.8. The molecule has 4 heterocycles. The molecule has 15 nitrogen and oxygen atoms in total. The fourth-order valence-electron chi connectivity index (χ4n) is 9.11. The maximum Gasteiger partial charge on any atom is 0.408 e. The normalized spacial score (nSPS) is 26.8. The molecule has 1 saturated heterocycles. The Morgan fingerprint density at radius 1 is 1.00 bits per heavy atom. The van der Waals surface area contributed by atoms with Crippen LogP contribution in [0.4, 0.5) is 9.18 Å². The first kappa shape index (κ1) is 40.9. The van der Waals surface area contributed by atoms with Crippen LogP contribution >= 0.6 is 0 Å². The Bertz CT molecular complexity index is 2540. The number of para-hydroxylation sites is 1. The first-order chi connectivity index (χ1) is 29.4. The van der Waals surface area contributed by atoms with Crippen LogP contribution < -0.4 is 24.8 Å². The van der Waals surface area contributed by atoms with E-state index >= 15 is 0 Å². The molecular formula is C44H50FN5O10S. The van der Waals surface area contributed by atoms with Gasteiger partial charge in [-0.25, -0.2) is 22.6 Å². The van der Waals surface area contributed by atoms with Crippen LogP contribution in [-0.2, 0) is 29.1 Å². The van der Waals surface area contributed by atoms with Gasteiger partial charge in [-0.05, 0) is 101 Å². The number of nitrogens with zero attached hydrogens (tertiary/aromatic N) is 2. The number of aromatic nitrogens is 1. The van der Waals surface area contributed by atoms with E-state index in [1.165, 1.54) is 23.1 Å². The molecule has 4 fully saturated rings. The maximum absolute atomic E-state index is 15.0. The number of rotatable bonds is 9. The molecule has 5 aliphatic rings. The van der Waals surface area contributed by atoms with E-state index < -0.39 is 74.5 Å². The Balaban J connectivity index is 1.08. The molecule has 9 rings (SSSR count). The number of halogens is 1. The number of furan rings is 1. The zero-order valence-electron chi connectivity index (χ0n) is 34.0. The van der Waals surface area contributed by atoms with Gasteiger partial charge >= 0.3 is 6.09 Å². The van der Waals surface area contributed by atoms with Crippen molar-refractivity contribution in [3.63, 3.8) is 0 Å². The van der Waals surface area contributed by atoms with Gasteiger partial charge in [-0.3, -0.25) is 19.1 Å². The van der Waals surface area contributed by atoms with Gasteiger partial charge in [0, 0.05) is 17.7 Å². The first-order valence-corrected chi connectivity index (χ1v) is 23.0. The number of nitrogens with one attached hydrogen (secondary N) is 3. The van der Waals surface area contributed by atoms with Crippen molar-refractivity contribution in [3.05, 3.63) is 54.4 Å². The molecule has 4 amide bonds. The Labute approximate surface area is 352 Å². The molecule has 2 aliphatic heterocycles.